The Morgan fingerprint density at radius 1 is 1.14 bits per heavy atom. The molecule has 0 unspecified atom stereocenters. The lowest BCUT2D eigenvalue weighted by Gasteiger charge is -2.22. The topological polar surface area (TPSA) is 84.9 Å². The summed E-state index contributed by atoms with van der Waals surface area (Å²) in [5.74, 6) is -0.483. The summed E-state index contributed by atoms with van der Waals surface area (Å²) in [5.41, 5.74) is 0.844. The van der Waals surface area contributed by atoms with Crippen LogP contribution in [0, 0.1) is 5.82 Å². The highest BCUT2D eigenvalue weighted by Crippen LogP contribution is 2.27. The van der Waals surface area contributed by atoms with Gasteiger partial charge in [0.1, 0.15) is 22.2 Å². The maximum atomic E-state index is 13.6. The summed E-state index contributed by atoms with van der Waals surface area (Å²) in [6.07, 6.45) is 0. The van der Waals surface area contributed by atoms with Crippen LogP contribution in [0.25, 0.3) is 0 Å². The molecule has 2 aromatic rings. The largest absolute Gasteiger partial charge is 0.497 e. The van der Waals surface area contributed by atoms with Crippen LogP contribution in [0.4, 0.5) is 4.39 Å². The third-order valence-corrected chi connectivity index (χ3v) is 6.35. The highest BCUT2D eigenvalue weighted by Gasteiger charge is 2.29. The van der Waals surface area contributed by atoms with Gasteiger partial charge in [-0.25, -0.2) is 12.8 Å². The van der Waals surface area contributed by atoms with Gasteiger partial charge in [-0.3, -0.25) is 4.79 Å². The second-order valence-electron chi connectivity index (χ2n) is 6.29. The lowest BCUT2D eigenvalue weighted by Crippen LogP contribution is -2.41. The molecule has 0 saturated carbocycles. The SMILES string of the molecule is CCN(CC(=O)N[C@H](C)c1ccc(OC)cc1)S(=O)(=O)c1cc(F)ccc1OC. The van der Waals surface area contributed by atoms with Crippen molar-refractivity contribution in [3.63, 3.8) is 0 Å². The molecule has 1 atom stereocenters. The first-order valence-electron chi connectivity index (χ1n) is 9.00. The molecule has 0 aliphatic carbocycles. The van der Waals surface area contributed by atoms with Gasteiger partial charge in [0, 0.05) is 6.54 Å². The molecule has 29 heavy (non-hydrogen) atoms. The van der Waals surface area contributed by atoms with Crippen LogP contribution >= 0.6 is 0 Å². The molecule has 0 radical (unpaired) electrons. The number of methoxy groups -OCH3 is 2. The number of amides is 1. The average molecular weight is 424 g/mol. The number of rotatable bonds is 9. The lowest BCUT2D eigenvalue weighted by atomic mass is 10.1. The number of hydrogen-bond acceptors (Lipinski definition) is 5. The van der Waals surface area contributed by atoms with Gasteiger partial charge >= 0.3 is 0 Å². The number of sulfonamides is 1. The third kappa shape index (κ3) is 5.45. The predicted molar refractivity (Wildman–Crippen MR) is 107 cm³/mol. The molecule has 1 amide bonds. The zero-order chi connectivity index (χ0) is 21.6. The molecule has 0 spiro atoms. The first-order chi connectivity index (χ1) is 13.7. The highest BCUT2D eigenvalue weighted by molar-refractivity contribution is 7.89. The van der Waals surface area contributed by atoms with Crippen LogP contribution in [-0.2, 0) is 14.8 Å². The Morgan fingerprint density at radius 2 is 1.79 bits per heavy atom. The fourth-order valence-electron chi connectivity index (χ4n) is 2.78. The fraction of sp³-hybridized carbons (Fsp3) is 0.350. The summed E-state index contributed by atoms with van der Waals surface area (Å²) in [6.45, 7) is 3.02. The van der Waals surface area contributed by atoms with Crippen molar-refractivity contribution in [3.05, 3.63) is 53.8 Å². The van der Waals surface area contributed by atoms with Gasteiger partial charge < -0.3 is 14.8 Å². The second kappa shape index (κ2) is 9.71. The molecule has 158 valence electrons. The van der Waals surface area contributed by atoms with Gasteiger partial charge in [-0.1, -0.05) is 19.1 Å². The Bertz CT molecular complexity index is 948. The molecule has 0 bridgehead atoms. The van der Waals surface area contributed by atoms with E-state index < -0.39 is 28.3 Å². The summed E-state index contributed by atoms with van der Waals surface area (Å²) in [7, 11) is -1.27. The van der Waals surface area contributed by atoms with Crippen molar-refractivity contribution in [1.82, 2.24) is 9.62 Å². The molecular weight excluding hydrogens is 399 g/mol. The number of hydrogen-bond donors (Lipinski definition) is 1. The van der Waals surface area contributed by atoms with Crippen LogP contribution in [0.5, 0.6) is 11.5 Å². The van der Waals surface area contributed by atoms with Crippen molar-refractivity contribution in [2.45, 2.75) is 24.8 Å². The maximum Gasteiger partial charge on any atom is 0.247 e. The zero-order valence-corrected chi connectivity index (χ0v) is 17.6. The minimum Gasteiger partial charge on any atom is -0.497 e. The number of nitrogens with zero attached hydrogens (tertiary/aromatic N) is 1. The van der Waals surface area contributed by atoms with Gasteiger partial charge in [0.05, 0.1) is 26.8 Å². The molecule has 2 rings (SSSR count). The predicted octanol–water partition coefficient (Wildman–Crippen LogP) is 2.73. The minimum absolute atomic E-state index is 0.0110. The fourth-order valence-corrected chi connectivity index (χ4v) is 4.35. The quantitative estimate of drug-likeness (QED) is 0.669. The van der Waals surface area contributed by atoms with Crippen molar-refractivity contribution < 1.29 is 27.1 Å². The number of nitrogens with one attached hydrogen (secondary N) is 1. The molecule has 9 heteroatoms. The van der Waals surface area contributed by atoms with Gasteiger partial charge in [-0.2, -0.15) is 4.31 Å². The van der Waals surface area contributed by atoms with Crippen molar-refractivity contribution >= 4 is 15.9 Å². The van der Waals surface area contributed by atoms with Crippen molar-refractivity contribution in [2.24, 2.45) is 0 Å². The monoisotopic (exact) mass is 424 g/mol. The van der Waals surface area contributed by atoms with Crippen molar-refractivity contribution in [2.75, 3.05) is 27.3 Å². The summed E-state index contributed by atoms with van der Waals surface area (Å²) in [5, 5.41) is 2.77. The van der Waals surface area contributed by atoms with Crippen LogP contribution in [0.15, 0.2) is 47.4 Å². The average Bonchev–Trinajstić information content (AvgIpc) is 2.71. The van der Waals surface area contributed by atoms with Crippen molar-refractivity contribution in [1.29, 1.82) is 0 Å². The van der Waals surface area contributed by atoms with Crippen LogP contribution in [-0.4, -0.2) is 45.9 Å². The molecule has 0 saturated heterocycles. The van der Waals surface area contributed by atoms with E-state index in [0.29, 0.717) is 5.75 Å². The number of halogens is 1. The van der Waals surface area contributed by atoms with E-state index in [-0.39, 0.29) is 23.2 Å². The Balaban J connectivity index is 2.15. The molecule has 0 fully saturated rings. The van der Waals surface area contributed by atoms with Crippen LogP contribution in [0.1, 0.15) is 25.5 Å². The van der Waals surface area contributed by atoms with E-state index in [1.54, 1.807) is 33.1 Å². The number of benzene rings is 2. The first kappa shape index (κ1) is 22.6. The summed E-state index contributed by atoms with van der Waals surface area (Å²) in [6, 6.07) is 10.1. The number of ether oxygens (including phenoxy) is 2. The highest BCUT2D eigenvalue weighted by atomic mass is 32.2. The molecule has 0 aromatic heterocycles. The Hall–Kier alpha value is -2.65. The number of likely N-dealkylation sites (N-methyl/N-ethyl adjacent to an activating group) is 1. The molecule has 7 nitrogen and oxygen atoms in total. The molecule has 1 N–H and O–H groups in total. The van der Waals surface area contributed by atoms with E-state index in [9.17, 15) is 17.6 Å². The smallest absolute Gasteiger partial charge is 0.247 e. The standard InChI is InChI=1S/C20H25FN2O5S/c1-5-23(29(25,26)19-12-16(21)8-11-18(19)28-4)13-20(24)22-14(2)15-6-9-17(27-3)10-7-15/h6-12,14H,5,13H2,1-4H3,(H,22,24)/t14-/m1/s1. The molecule has 0 aliphatic rings. The Kier molecular flexibility index (Phi) is 7.58. The minimum atomic E-state index is -4.13. The van der Waals surface area contributed by atoms with Gasteiger partial charge in [0.2, 0.25) is 15.9 Å². The van der Waals surface area contributed by atoms with E-state index in [2.05, 4.69) is 5.32 Å². The van der Waals surface area contributed by atoms with Gasteiger partial charge in [-0.15, -0.1) is 0 Å². The summed E-state index contributed by atoms with van der Waals surface area (Å²) >= 11 is 0. The van der Waals surface area contributed by atoms with Crippen LogP contribution in [0.3, 0.4) is 0 Å². The Labute approximate surface area is 170 Å². The van der Waals surface area contributed by atoms with Gasteiger partial charge in [0.25, 0.3) is 0 Å². The molecule has 0 aliphatic heterocycles. The van der Waals surface area contributed by atoms with E-state index in [1.807, 2.05) is 12.1 Å². The lowest BCUT2D eigenvalue weighted by molar-refractivity contribution is -0.121. The van der Waals surface area contributed by atoms with Crippen molar-refractivity contribution in [3.8, 4) is 11.5 Å². The first-order valence-corrected chi connectivity index (χ1v) is 10.4. The van der Waals surface area contributed by atoms with Gasteiger partial charge in [0.15, 0.2) is 0 Å². The maximum absolute atomic E-state index is 13.6. The second-order valence-corrected chi connectivity index (χ2v) is 8.20. The van der Waals surface area contributed by atoms with E-state index in [0.717, 1.165) is 22.0 Å². The molecular formula is C20H25FN2O5S. The van der Waals surface area contributed by atoms with E-state index in [4.69, 9.17) is 9.47 Å². The molecule has 2 aromatic carbocycles. The summed E-state index contributed by atoms with van der Waals surface area (Å²) < 4.78 is 50.6. The van der Waals surface area contributed by atoms with Crippen LogP contribution < -0.4 is 14.8 Å². The van der Waals surface area contributed by atoms with E-state index >= 15 is 0 Å². The zero-order valence-electron chi connectivity index (χ0n) is 16.8. The van der Waals surface area contributed by atoms with Gasteiger partial charge in [-0.05, 0) is 42.8 Å². The van der Waals surface area contributed by atoms with E-state index in [1.165, 1.54) is 13.2 Å². The Morgan fingerprint density at radius 3 is 2.34 bits per heavy atom. The third-order valence-electron chi connectivity index (χ3n) is 4.41. The molecule has 0 heterocycles. The summed E-state index contributed by atoms with van der Waals surface area (Å²) in [4.78, 5) is 12.1. The normalized spacial score (nSPS) is 12.5. The number of carbonyl (C=O) groups excluding carboxylic acids is 1. The number of carbonyl (C=O) groups is 1. The van der Waals surface area contributed by atoms with Crippen LogP contribution in [0.2, 0.25) is 0 Å².